The summed E-state index contributed by atoms with van der Waals surface area (Å²) in [6.45, 7) is 10.9. The van der Waals surface area contributed by atoms with Gasteiger partial charge >= 0.3 is 0 Å². The average Bonchev–Trinajstić information content (AvgIpc) is 2.05. The van der Waals surface area contributed by atoms with Crippen molar-refractivity contribution < 1.29 is 4.74 Å². The zero-order valence-corrected chi connectivity index (χ0v) is 9.81. The van der Waals surface area contributed by atoms with Crippen LogP contribution in [0.5, 0.6) is 0 Å². The van der Waals surface area contributed by atoms with Gasteiger partial charge in [0.2, 0.25) is 0 Å². The van der Waals surface area contributed by atoms with Gasteiger partial charge in [-0.15, -0.1) is 0 Å². The van der Waals surface area contributed by atoms with Crippen LogP contribution < -0.4 is 0 Å². The molecule has 0 aliphatic heterocycles. The van der Waals surface area contributed by atoms with Gasteiger partial charge < -0.3 is 4.74 Å². The highest BCUT2D eigenvalue weighted by atomic mass is 16.5. The molecule has 2 atom stereocenters. The Morgan fingerprint density at radius 2 is 1.23 bits per heavy atom. The fraction of sp³-hybridized carbons (Fsp3) is 1.00. The Kier molecular flexibility index (Phi) is 8.53. The minimum Gasteiger partial charge on any atom is -0.381 e. The van der Waals surface area contributed by atoms with Crippen molar-refractivity contribution in [1.29, 1.82) is 0 Å². The Morgan fingerprint density at radius 3 is 1.54 bits per heavy atom. The molecular formula is C12H26O. The second-order valence-electron chi connectivity index (χ2n) is 4.33. The SMILES string of the molecule is CCCC(C)COCC(C)CCC. The molecule has 0 rings (SSSR count). The highest BCUT2D eigenvalue weighted by molar-refractivity contribution is 4.52. The van der Waals surface area contributed by atoms with E-state index in [0.29, 0.717) is 0 Å². The lowest BCUT2D eigenvalue weighted by Gasteiger charge is -2.14. The van der Waals surface area contributed by atoms with Gasteiger partial charge in [-0.2, -0.15) is 0 Å². The van der Waals surface area contributed by atoms with Crippen molar-refractivity contribution in [3.63, 3.8) is 0 Å². The first-order valence-corrected chi connectivity index (χ1v) is 5.78. The van der Waals surface area contributed by atoms with E-state index in [-0.39, 0.29) is 0 Å². The number of ether oxygens (including phenoxy) is 1. The molecule has 1 nitrogen and oxygen atoms in total. The summed E-state index contributed by atoms with van der Waals surface area (Å²) in [5.41, 5.74) is 0. The summed E-state index contributed by atoms with van der Waals surface area (Å²) in [5, 5.41) is 0. The van der Waals surface area contributed by atoms with Crippen molar-refractivity contribution >= 4 is 0 Å². The van der Waals surface area contributed by atoms with Crippen molar-refractivity contribution in [1.82, 2.24) is 0 Å². The van der Waals surface area contributed by atoms with Gasteiger partial charge in [0.15, 0.2) is 0 Å². The fourth-order valence-electron chi connectivity index (χ4n) is 1.62. The molecule has 0 aliphatic rings. The van der Waals surface area contributed by atoms with E-state index in [0.717, 1.165) is 25.0 Å². The van der Waals surface area contributed by atoms with E-state index < -0.39 is 0 Å². The van der Waals surface area contributed by atoms with Gasteiger partial charge in [0, 0.05) is 13.2 Å². The fourth-order valence-corrected chi connectivity index (χ4v) is 1.62. The van der Waals surface area contributed by atoms with E-state index in [1.807, 2.05) is 0 Å². The Hall–Kier alpha value is -0.0400. The number of hydrogen-bond acceptors (Lipinski definition) is 1. The van der Waals surface area contributed by atoms with Crippen LogP contribution in [-0.4, -0.2) is 13.2 Å². The van der Waals surface area contributed by atoms with Crippen LogP contribution in [0.1, 0.15) is 53.4 Å². The zero-order chi connectivity index (χ0) is 10.1. The van der Waals surface area contributed by atoms with Crippen LogP contribution in [0.25, 0.3) is 0 Å². The van der Waals surface area contributed by atoms with Gasteiger partial charge in [-0.05, 0) is 24.7 Å². The maximum Gasteiger partial charge on any atom is 0.0491 e. The van der Waals surface area contributed by atoms with Gasteiger partial charge in [-0.3, -0.25) is 0 Å². The normalized spacial score (nSPS) is 15.7. The largest absolute Gasteiger partial charge is 0.381 e. The summed E-state index contributed by atoms with van der Waals surface area (Å²) in [6, 6.07) is 0. The molecule has 13 heavy (non-hydrogen) atoms. The maximum absolute atomic E-state index is 5.66. The predicted octanol–water partition coefficient (Wildman–Crippen LogP) is 3.88. The monoisotopic (exact) mass is 186 g/mol. The third kappa shape index (κ3) is 8.29. The van der Waals surface area contributed by atoms with E-state index >= 15 is 0 Å². The van der Waals surface area contributed by atoms with Crippen molar-refractivity contribution in [2.75, 3.05) is 13.2 Å². The molecule has 1 heteroatoms. The van der Waals surface area contributed by atoms with Crippen LogP contribution in [-0.2, 0) is 4.74 Å². The molecule has 0 N–H and O–H groups in total. The molecule has 0 fully saturated rings. The summed E-state index contributed by atoms with van der Waals surface area (Å²) < 4.78 is 5.66. The van der Waals surface area contributed by atoms with E-state index in [1.165, 1.54) is 25.7 Å². The third-order valence-electron chi connectivity index (χ3n) is 2.37. The van der Waals surface area contributed by atoms with E-state index in [9.17, 15) is 0 Å². The summed E-state index contributed by atoms with van der Waals surface area (Å²) in [5.74, 6) is 1.47. The van der Waals surface area contributed by atoms with Crippen LogP contribution in [0, 0.1) is 11.8 Å². The van der Waals surface area contributed by atoms with Crippen LogP contribution >= 0.6 is 0 Å². The summed E-state index contributed by atoms with van der Waals surface area (Å²) in [6.07, 6.45) is 5.13. The highest BCUT2D eigenvalue weighted by Gasteiger charge is 2.03. The van der Waals surface area contributed by atoms with Crippen LogP contribution in [0.4, 0.5) is 0 Å². The zero-order valence-electron chi connectivity index (χ0n) is 9.81. The van der Waals surface area contributed by atoms with Crippen LogP contribution in [0.3, 0.4) is 0 Å². The lowest BCUT2D eigenvalue weighted by molar-refractivity contribution is 0.0751. The van der Waals surface area contributed by atoms with Gasteiger partial charge in [-0.25, -0.2) is 0 Å². The molecular weight excluding hydrogens is 160 g/mol. The smallest absolute Gasteiger partial charge is 0.0491 e. The van der Waals surface area contributed by atoms with Crippen LogP contribution in [0.2, 0.25) is 0 Å². The standard InChI is InChI=1S/C12H26O/c1-5-7-11(3)9-13-10-12(4)8-6-2/h11-12H,5-10H2,1-4H3. The Labute approximate surface area is 83.9 Å². The molecule has 80 valence electrons. The molecule has 0 aromatic heterocycles. The Bertz CT molecular complexity index is 89.3. The van der Waals surface area contributed by atoms with E-state index in [1.54, 1.807) is 0 Å². The predicted molar refractivity (Wildman–Crippen MR) is 59.0 cm³/mol. The molecule has 0 aliphatic carbocycles. The van der Waals surface area contributed by atoms with Crippen LogP contribution in [0.15, 0.2) is 0 Å². The molecule has 0 bridgehead atoms. The highest BCUT2D eigenvalue weighted by Crippen LogP contribution is 2.08. The molecule has 0 saturated heterocycles. The van der Waals surface area contributed by atoms with Gasteiger partial charge in [0.25, 0.3) is 0 Å². The topological polar surface area (TPSA) is 9.23 Å². The Morgan fingerprint density at radius 1 is 0.846 bits per heavy atom. The molecule has 0 aromatic rings. The molecule has 0 aromatic carbocycles. The molecule has 0 radical (unpaired) electrons. The minimum atomic E-state index is 0.735. The first-order chi connectivity index (χ1) is 6.20. The summed E-state index contributed by atoms with van der Waals surface area (Å²) in [4.78, 5) is 0. The molecule has 0 amide bonds. The van der Waals surface area contributed by atoms with Gasteiger partial charge in [0.1, 0.15) is 0 Å². The number of hydrogen-bond donors (Lipinski definition) is 0. The van der Waals surface area contributed by atoms with Crippen molar-refractivity contribution in [3.8, 4) is 0 Å². The molecule has 0 spiro atoms. The molecule has 0 saturated carbocycles. The van der Waals surface area contributed by atoms with E-state index in [4.69, 9.17) is 4.74 Å². The average molecular weight is 186 g/mol. The molecule has 2 unspecified atom stereocenters. The number of rotatable bonds is 8. The summed E-state index contributed by atoms with van der Waals surface area (Å²) in [7, 11) is 0. The molecule has 0 heterocycles. The third-order valence-corrected chi connectivity index (χ3v) is 2.37. The first kappa shape index (κ1) is 13.0. The lowest BCUT2D eigenvalue weighted by Crippen LogP contribution is -2.11. The maximum atomic E-state index is 5.66. The van der Waals surface area contributed by atoms with Crippen molar-refractivity contribution in [3.05, 3.63) is 0 Å². The second-order valence-corrected chi connectivity index (χ2v) is 4.33. The quantitative estimate of drug-likeness (QED) is 0.559. The van der Waals surface area contributed by atoms with Crippen molar-refractivity contribution in [2.45, 2.75) is 53.4 Å². The van der Waals surface area contributed by atoms with Gasteiger partial charge in [-0.1, -0.05) is 40.5 Å². The second kappa shape index (κ2) is 8.55. The van der Waals surface area contributed by atoms with Crippen molar-refractivity contribution in [2.24, 2.45) is 11.8 Å². The van der Waals surface area contributed by atoms with E-state index in [2.05, 4.69) is 27.7 Å². The lowest BCUT2D eigenvalue weighted by atomic mass is 10.1. The Balaban J connectivity index is 3.23. The first-order valence-electron chi connectivity index (χ1n) is 5.78. The van der Waals surface area contributed by atoms with Gasteiger partial charge in [0.05, 0.1) is 0 Å². The summed E-state index contributed by atoms with van der Waals surface area (Å²) >= 11 is 0. The minimum absolute atomic E-state index is 0.735.